The minimum Gasteiger partial charge on any atom is -0.497 e. The summed E-state index contributed by atoms with van der Waals surface area (Å²) in [6.07, 6.45) is 1.41. The molecule has 0 spiro atoms. The van der Waals surface area contributed by atoms with Gasteiger partial charge in [-0.05, 0) is 36.4 Å². The van der Waals surface area contributed by atoms with Crippen molar-refractivity contribution in [1.82, 2.24) is 4.98 Å². The molecule has 0 aliphatic rings. The quantitative estimate of drug-likeness (QED) is 0.645. The lowest BCUT2D eigenvalue weighted by Crippen LogP contribution is -2.13. The molecule has 1 aromatic heterocycles. The summed E-state index contributed by atoms with van der Waals surface area (Å²) < 4.78 is 15.5. The largest absolute Gasteiger partial charge is 0.497 e. The lowest BCUT2D eigenvalue weighted by Gasteiger charge is -2.08. The fourth-order valence-electron chi connectivity index (χ4n) is 1.57. The standard InChI is InChI=1S/C15H16N2O4/c1-19-12-3-5-13(6-4-12)20-8-9-21-15(18)14-7-2-11(16)10-17-14/h2-7,10H,8-9,16H2,1H3. The molecule has 0 aliphatic carbocycles. The number of benzene rings is 1. The molecule has 0 amide bonds. The van der Waals surface area contributed by atoms with Gasteiger partial charge in [0.25, 0.3) is 0 Å². The minimum absolute atomic E-state index is 0.136. The van der Waals surface area contributed by atoms with Crippen LogP contribution in [0, 0.1) is 0 Å². The van der Waals surface area contributed by atoms with Gasteiger partial charge in [-0.1, -0.05) is 0 Å². The number of nitrogens with zero attached hydrogens (tertiary/aromatic N) is 1. The number of nitrogen functional groups attached to an aromatic ring is 1. The van der Waals surface area contributed by atoms with E-state index < -0.39 is 5.97 Å². The van der Waals surface area contributed by atoms with Crippen molar-refractivity contribution in [3.63, 3.8) is 0 Å². The van der Waals surface area contributed by atoms with Crippen LogP contribution in [0.4, 0.5) is 5.69 Å². The molecule has 6 heteroatoms. The SMILES string of the molecule is COc1ccc(OCCOC(=O)c2ccc(N)cn2)cc1. The van der Waals surface area contributed by atoms with Crippen LogP contribution in [0.5, 0.6) is 11.5 Å². The van der Waals surface area contributed by atoms with E-state index >= 15 is 0 Å². The predicted octanol–water partition coefficient (Wildman–Crippen LogP) is 1.91. The van der Waals surface area contributed by atoms with Gasteiger partial charge in [-0.25, -0.2) is 9.78 Å². The number of aromatic nitrogens is 1. The molecule has 2 N–H and O–H groups in total. The van der Waals surface area contributed by atoms with Gasteiger partial charge >= 0.3 is 5.97 Å². The molecule has 2 aromatic rings. The Morgan fingerprint density at radius 1 is 1.10 bits per heavy atom. The summed E-state index contributed by atoms with van der Waals surface area (Å²) in [4.78, 5) is 15.5. The van der Waals surface area contributed by atoms with Gasteiger partial charge in [0.05, 0.1) is 19.0 Å². The van der Waals surface area contributed by atoms with E-state index in [9.17, 15) is 4.79 Å². The molecule has 0 aliphatic heterocycles. The first kappa shape index (κ1) is 14.6. The molecular formula is C15H16N2O4. The smallest absolute Gasteiger partial charge is 0.357 e. The van der Waals surface area contributed by atoms with Crippen molar-refractivity contribution in [2.24, 2.45) is 0 Å². The van der Waals surface area contributed by atoms with Crippen LogP contribution in [-0.2, 0) is 4.74 Å². The Kier molecular flexibility index (Phi) is 4.98. The number of pyridine rings is 1. The van der Waals surface area contributed by atoms with E-state index in [1.807, 2.05) is 0 Å². The van der Waals surface area contributed by atoms with Crippen molar-refractivity contribution in [3.8, 4) is 11.5 Å². The Labute approximate surface area is 122 Å². The second-order valence-electron chi connectivity index (χ2n) is 4.14. The number of carbonyl (C=O) groups is 1. The maximum atomic E-state index is 11.7. The first-order valence-electron chi connectivity index (χ1n) is 6.34. The zero-order valence-electron chi connectivity index (χ0n) is 11.6. The molecule has 0 saturated heterocycles. The molecule has 1 aromatic carbocycles. The Morgan fingerprint density at radius 2 is 1.81 bits per heavy atom. The average molecular weight is 288 g/mol. The van der Waals surface area contributed by atoms with Crippen LogP contribution < -0.4 is 15.2 Å². The summed E-state index contributed by atoms with van der Waals surface area (Å²) in [6.45, 7) is 0.393. The van der Waals surface area contributed by atoms with E-state index in [-0.39, 0.29) is 18.9 Å². The molecule has 0 unspecified atom stereocenters. The van der Waals surface area contributed by atoms with Crippen LogP contribution in [0.3, 0.4) is 0 Å². The van der Waals surface area contributed by atoms with E-state index in [0.717, 1.165) is 5.75 Å². The number of carbonyl (C=O) groups excluding carboxylic acids is 1. The Hall–Kier alpha value is -2.76. The first-order valence-corrected chi connectivity index (χ1v) is 6.34. The van der Waals surface area contributed by atoms with Gasteiger partial charge in [0.2, 0.25) is 0 Å². The average Bonchev–Trinajstić information content (AvgIpc) is 2.52. The van der Waals surface area contributed by atoms with Gasteiger partial charge in [0.1, 0.15) is 30.4 Å². The topological polar surface area (TPSA) is 83.7 Å². The highest BCUT2D eigenvalue weighted by atomic mass is 16.6. The van der Waals surface area contributed by atoms with Gasteiger partial charge in [-0.15, -0.1) is 0 Å². The van der Waals surface area contributed by atoms with Crippen molar-refractivity contribution < 1.29 is 19.0 Å². The molecule has 21 heavy (non-hydrogen) atoms. The minimum atomic E-state index is -0.506. The van der Waals surface area contributed by atoms with Crippen molar-refractivity contribution in [1.29, 1.82) is 0 Å². The number of anilines is 1. The lowest BCUT2D eigenvalue weighted by molar-refractivity contribution is 0.0443. The number of hydrogen-bond donors (Lipinski definition) is 1. The molecule has 0 radical (unpaired) electrons. The number of rotatable bonds is 6. The molecule has 6 nitrogen and oxygen atoms in total. The zero-order valence-corrected chi connectivity index (χ0v) is 11.6. The number of nitrogens with two attached hydrogens (primary N) is 1. The highest BCUT2D eigenvalue weighted by Crippen LogP contribution is 2.16. The van der Waals surface area contributed by atoms with E-state index in [0.29, 0.717) is 11.4 Å². The molecular weight excluding hydrogens is 272 g/mol. The van der Waals surface area contributed by atoms with Crippen molar-refractivity contribution in [3.05, 3.63) is 48.3 Å². The van der Waals surface area contributed by atoms with Crippen molar-refractivity contribution in [2.75, 3.05) is 26.1 Å². The molecule has 0 saturated carbocycles. The highest BCUT2D eigenvalue weighted by molar-refractivity contribution is 5.87. The molecule has 0 atom stereocenters. The van der Waals surface area contributed by atoms with Crippen LogP contribution >= 0.6 is 0 Å². The molecule has 0 bridgehead atoms. The van der Waals surface area contributed by atoms with Crippen molar-refractivity contribution >= 4 is 11.7 Å². The summed E-state index contributed by atoms with van der Waals surface area (Å²) in [5.41, 5.74) is 6.20. The normalized spacial score (nSPS) is 9.95. The van der Waals surface area contributed by atoms with Gasteiger partial charge in [0.15, 0.2) is 0 Å². The maximum absolute atomic E-state index is 11.7. The third kappa shape index (κ3) is 4.38. The van der Waals surface area contributed by atoms with Gasteiger partial charge in [0, 0.05) is 0 Å². The molecule has 2 rings (SSSR count). The summed E-state index contributed by atoms with van der Waals surface area (Å²) in [7, 11) is 1.60. The van der Waals surface area contributed by atoms with Crippen molar-refractivity contribution in [2.45, 2.75) is 0 Å². The van der Waals surface area contributed by atoms with Crippen LogP contribution in [0.1, 0.15) is 10.5 Å². The summed E-state index contributed by atoms with van der Waals surface area (Å²) in [5, 5.41) is 0. The van der Waals surface area contributed by atoms with Crippen LogP contribution in [0.25, 0.3) is 0 Å². The predicted molar refractivity (Wildman–Crippen MR) is 77.4 cm³/mol. The van der Waals surface area contributed by atoms with Crippen LogP contribution in [0.15, 0.2) is 42.6 Å². The van der Waals surface area contributed by atoms with Crippen LogP contribution in [-0.4, -0.2) is 31.3 Å². The van der Waals surface area contributed by atoms with E-state index in [4.69, 9.17) is 19.9 Å². The number of hydrogen-bond acceptors (Lipinski definition) is 6. The zero-order chi connectivity index (χ0) is 15.1. The molecule has 0 fully saturated rings. The Morgan fingerprint density at radius 3 is 2.43 bits per heavy atom. The second kappa shape index (κ2) is 7.14. The van der Waals surface area contributed by atoms with E-state index in [2.05, 4.69) is 4.98 Å². The highest BCUT2D eigenvalue weighted by Gasteiger charge is 2.08. The van der Waals surface area contributed by atoms with Gasteiger partial charge in [-0.3, -0.25) is 0 Å². The number of ether oxygens (including phenoxy) is 3. The third-order valence-corrected chi connectivity index (χ3v) is 2.64. The monoisotopic (exact) mass is 288 g/mol. The molecule has 1 heterocycles. The molecule has 110 valence electrons. The van der Waals surface area contributed by atoms with E-state index in [1.54, 1.807) is 37.4 Å². The summed E-state index contributed by atoms with van der Waals surface area (Å²) in [6, 6.07) is 10.3. The first-order chi connectivity index (χ1) is 10.2. The fourth-order valence-corrected chi connectivity index (χ4v) is 1.57. The Balaban J connectivity index is 1.73. The third-order valence-electron chi connectivity index (χ3n) is 2.64. The maximum Gasteiger partial charge on any atom is 0.357 e. The number of esters is 1. The van der Waals surface area contributed by atoms with Crippen LogP contribution in [0.2, 0.25) is 0 Å². The summed E-state index contributed by atoms with van der Waals surface area (Å²) in [5.74, 6) is 0.925. The summed E-state index contributed by atoms with van der Waals surface area (Å²) >= 11 is 0. The number of methoxy groups -OCH3 is 1. The second-order valence-corrected chi connectivity index (χ2v) is 4.14. The van der Waals surface area contributed by atoms with Gasteiger partial charge in [-0.2, -0.15) is 0 Å². The Bertz CT molecular complexity index is 582. The van der Waals surface area contributed by atoms with Gasteiger partial charge < -0.3 is 19.9 Å². The fraction of sp³-hybridized carbons (Fsp3) is 0.200. The van der Waals surface area contributed by atoms with E-state index in [1.165, 1.54) is 12.3 Å². The lowest BCUT2D eigenvalue weighted by atomic mass is 10.3.